The molecule has 0 aromatic heterocycles. The number of amides is 1. The summed E-state index contributed by atoms with van der Waals surface area (Å²) in [7, 11) is 5.81. The molecule has 1 aromatic carbocycles. The number of piperidine rings is 1. The average Bonchev–Trinajstić information content (AvgIpc) is 2.77. The minimum absolute atomic E-state index is 0.0274. The van der Waals surface area contributed by atoms with E-state index >= 15 is 0 Å². The van der Waals surface area contributed by atoms with E-state index in [4.69, 9.17) is 18.9 Å². The third-order valence-electron chi connectivity index (χ3n) is 5.14. The lowest BCUT2D eigenvalue weighted by Gasteiger charge is -2.32. The van der Waals surface area contributed by atoms with Crippen LogP contribution in [0.5, 0.6) is 11.5 Å². The van der Waals surface area contributed by atoms with Gasteiger partial charge in [-0.3, -0.25) is 19.3 Å². The number of carbonyl (C=O) groups excluding carboxylic acids is 3. The molecule has 0 N–H and O–H groups in total. The second kappa shape index (κ2) is 11.4. The van der Waals surface area contributed by atoms with Crippen molar-refractivity contribution >= 4 is 17.8 Å². The first-order valence-electron chi connectivity index (χ1n) is 9.76. The Kier molecular flexibility index (Phi) is 8.91. The summed E-state index contributed by atoms with van der Waals surface area (Å²) in [6.07, 6.45) is 1.14. The molecule has 1 aliphatic rings. The number of esters is 2. The van der Waals surface area contributed by atoms with Gasteiger partial charge in [0, 0.05) is 25.7 Å². The van der Waals surface area contributed by atoms with E-state index in [9.17, 15) is 14.4 Å². The van der Waals surface area contributed by atoms with Gasteiger partial charge in [-0.05, 0) is 30.5 Å². The topological polar surface area (TPSA) is 94.6 Å². The summed E-state index contributed by atoms with van der Waals surface area (Å²) in [4.78, 5) is 39.8. The van der Waals surface area contributed by atoms with Gasteiger partial charge in [0.05, 0.1) is 47.4 Å². The molecule has 9 nitrogen and oxygen atoms in total. The number of ether oxygens (including phenoxy) is 4. The Morgan fingerprint density at radius 1 is 0.933 bits per heavy atom. The molecule has 0 radical (unpaired) electrons. The van der Waals surface area contributed by atoms with Crippen LogP contribution in [0.3, 0.4) is 0 Å². The van der Waals surface area contributed by atoms with Crippen molar-refractivity contribution in [2.75, 3.05) is 54.6 Å². The van der Waals surface area contributed by atoms with Crippen molar-refractivity contribution < 1.29 is 33.3 Å². The third kappa shape index (κ3) is 6.62. The van der Waals surface area contributed by atoms with Gasteiger partial charge in [0.2, 0.25) is 5.91 Å². The zero-order valence-electron chi connectivity index (χ0n) is 18.0. The zero-order chi connectivity index (χ0) is 22.1. The molecule has 0 bridgehead atoms. The molecule has 0 atom stereocenters. The molecule has 9 heteroatoms. The summed E-state index contributed by atoms with van der Waals surface area (Å²) in [5, 5.41) is 0. The summed E-state index contributed by atoms with van der Waals surface area (Å²) in [5.74, 6) is 0.312. The van der Waals surface area contributed by atoms with Gasteiger partial charge < -0.3 is 23.8 Å². The molecule has 1 aliphatic heterocycles. The van der Waals surface area contributed by atoms with Crippen LogP contribution in [0, 0.1) is 5.92 Å². The van der Waals surface area contributed by atoms with E-state index in [0.717, 1.165) is 5.56 Å². The zero-order valence-corrected chi connectivity index (χ0v) is 18.0. The van der Waals surface area contributed by atoms with Gasteiger partial charge >= 0.3 is 11.9 Å². The van der Waals surface area contributed by atoms with Crippen molar-refractivity contribution in [3.05, 3.63) is 23.8 Å². The Balaban J connectivity index is 2.05. The second-order valence-corrected chi connectivity index (χ2v) is 7.12. The minimum atomic E-state index is -0.429. The quantitative estimate of drug-likeness (QED) is 0.546. The molecule has 2 rings (SSSR count). The molecule has 1 saturated heterocycles. The van der Waals surface area contributed by atoms with Gasteiger partial charge in [-0.25, -0.2) is 0 Å². The minimum Gasteiger partial charge on any atom is -0.497 e. The number of hydrogen-bond acceptors (Lipinski definition) is 8. The lowest BCUT2D eigenvalue weighted by molar-refractivity contribution is -0.149. The number of nitrogens with zero attached hydrogens (tertiary/aromatic N) is 2. The number of rotatable bonds is 9. The lowest BCUT2D eigenvalue weighted by atomic mass is 9.97. The summed E-state index contributed by atoms with van der Waals surface area (Å²) < 4.78 is 20.2. The first-order chi connectivity index (χ1) is 14.4. The van der Waals surface area contributed by atoms with Crippen LogP contribution in [0.15, 0.2) is 18.2 Å². The monoisotopic (exact) mass is 422 g/mol. The van der Waals surface area contributed by atoms with Crippen molar-refractivity contribution in [1.29, 1.82) is 0 Å². The van der Waals surface area contributed by atoms with E-state index in [1.165, 1.54) is 14.2 Å². The fourth-order valence-electron chi connectivity index (χ4n) is 3.45. The highest BCUT2D eigenvalue weighted by Crippen LogP contribution is 2.24. The Hall–Kier alpha value is -2.81. The molecule has 1 amide bonds. The molecule has 0 aliphatic carbocycles. The first-order valence-corrected chi connectivity index (χ1v) is 9.76. The predicted molar refractivity (Wildman–Crippen MR) is 108 cm³/mol. The van der Waals surface area contributed by atoms with E-state index in [1.807, 2.05) is 12.1 Å². The number of hydrogen-bond donors (Lipinski definition) is 0. The highest BCUT2D eigenvalue weighted by molar-refractivity contribution is 5.80. The maximum Gasteiger partial charge on any atom is 0.319 e. The van der Waals surface area contributed by atoms with E-state index in [1.54, 1.807) is 30.1 Å². The average molecular weight is 422 g/mol. The molecular weight excluding hydrogens is 392 g/mol. The van der Waals surface area contributed by atoms with Gasteiger partial charge in [-0.1, -0.05) is 0 Å². The highest BCUT2D eigenvalue weighted by atomic mass is 16.5. The number of benzene rings is 1. The van der Waals surface area contributed by atoms with Gasteiger partial charge in [0.25, 0.3) is 0 Å². The van der Waals surface area contributed by atoms with Gasteiger partial charge in [-0.2, -0.15) is 0 Å². The van der Waals surface area contributed by atoms with Gasteiger partial charge in [0.1, 0.15) is 11.5 Å². The van der Waals surface area contributed by atoms with Gasteiger partial charge in [0.15, 0.2) is 0 Å². The second-order valence-electron chi connectivity index (χ2n) is 7.12. The van der Waals surface area contributed by atoms with Crippen molar-refractivity contribution in [3.63, 3.8) is 0 Å². The molecule has 30 heavy (non-hydrogen) atoms. The van der Waals surface area contributed by atoms with E-state index in [2.05, 4.69) is 0 Å². The van der Waals surface area contributed by atoms with Gasteiger partial charge in [-0.15, -0.1) is 0 Å². The highest BCUT2D eigenvalue weighted by Gasteiger charge is 2.29. The fourth-order valence-corrected chi connectivity index (χ4v) is 3.45. The summed E-state index contributed by atoms with van der Waals surface area (Å²) >= 11 is 0. The fraction of sp³-hybridized carbons (Fsp3) is 0.571. The molecule has 1 fully saturated rings. The number of carbonyl (C=O) groups is 3. The van der Waals surface area contributed by atoms with Crippen LogP contribution >= 0.6 is 0 Å². The first kappa shape index (κ1) is 23.5. The molecule has 1 heterocycles. The van der Waals surface area contributed by atoms with Crippen LogP contribution in [0.1, 0.15) is 18.4 Å². The Labute approximate surface area is 176 Å². The Morgan fingerprint density at radius 2 is 1.53 bits per heavy atom. The van der Waals surface area contributed by atoms with Crippen LogP contribution in [0.25, 0.3) is 0 Å². The number of methoxy groups -OCH3 is 4. The van der Waals surface area contributed by atoms with Crippen LogP contribution in [0.4, 0.5) is 0 Å². The standard InChI is InChI=1S/C21H30N2O7/c1-27-17-9-15(10-18(11-17)28-2)12-22(14-20(25)29-3)13-19(24)23-7-5-16(6-8-23)21(26)30-4/h9-11,16H,5-8,12-14H2,1-4H3. The third-order valence-corrected chi connectivity index (χ3v) is 5.14. The van der Waals surface area contributed by atoms with E-state index in [-0.39, 0.29) is 30.9 Å². The molecule has 0 unspecified atom stereocenters. The van der Waals surface area contributed by atoms with Crippen molar-refractivity contribution in [2.24, 2.45) is 5.92 Å². The Morgan fingerprint density at radius 3 is 2.03 bits per heavy atom. The Bertz CT molecular complexity index is 723. The summed E-state index contributed by atoms with van der Waals surface area (Å²) in [5.41, 5.74) is 0.840. The van der Waals surface area contributed by atoms with E-state index < -0.39 is 5.97 Å². The summed E-state index contributed by atoms with van der Waals surface area (Å²) in [6, 6.07) is 5.42. The van der Waals surface area contributed by atoms with Crippen molar-refractivity contribution in [1.82, 2.24) is 9.80 Å². The maximum atomic E-state index is 12.8. The van der Waals surface area contributed by atoms with Crippen molar-refractivity contribution in [3.8, 4) is 11.5 Å². The van der Waals surface area contributed by atoms with Crippen LogP contribution < -0.4 is 9.47 Å². The molecule has 0 saturated carbocycles. The largest absolute Gasteiger partial charge is 0.497 e. The molecular formula is C21H30N2O7. The predicted octanol–water partition coefficient (Wildman–Crippen LogP) is 1.09. The smallest absolute Gasteiger partial charge is 0.319 e. The van der Waals surface area contributed by atoms with E-state index in [0.29, 0.717) is 44.0 Å². The van der Waals surface area contributed by atoms with Crippen LogP contribution in [0.2, 0.25) is 0 Å². The lowest BCUT2D eigenvalue weighted by Crippen LogP contribution is -2.46. The molecule has 0 spiro atoms. The van der Waals surface area contributed by atoms with Crippen LogP contribution in [-0.2, 0) is 30.4 Å². The molecule has 1 aromatic rings. The maximum absolute atomic E-state index is 12.8. The van der Waals surface area contributed by atoms with Crippen LogP contribution in [-0.4, -0.2) is 82.3 Å². The molecule has 166 valence electrons. The number of likely N-dealkylation sites (tertiary alicyclic amines) is 1. The SMILES string of the molecule is COC(=O)CN(CC(=O)N1CCC(C(=O)OC)CC1)Cc1cc(OC)cc(OC)c1. The summed E-state index contributed by atoms with van der Waals surface area (Å²) in [6.45, 7) is 1.33. The van der Waals surface area contributed by atoms with Crippen molar-refractivity contribution in [2.45, 2.75) is 19.4 Å². The normalized spacial score (nSPS) is 14.4.